The van der Waals surface area contributed by atoms with Crippen LogP contribution in [0.4, 0.5) is 5.69 Å². The van der Waals surface area contributed by atoms with Gasteiger partial charge in [-0.1, -0.05) is 0 Å². The molecule has 1 aromatic heterocycles. The molecule has 1 unspecified atom stereocenters. The Morgan fingerprint density at radius 2 is 2.18 bits per heavy atom. The number of carbonyl (C=O) groups excluding carboxylic acids is 2. The van der Waals surface area contributed by atoms with Gasteiger partial charge in [-0.3, -0.25) is 0 Å². The van der Waals surface area contributed by atoms with E-state index in [1.54, 1.807) is 6.92 Å². The molecule has 6 heteroatoms. The number of hydrogen-bond acceptors (Lipinski definition) is 6. The van der Waals surface area contributed by atoms with Gasteiger partial charge in [-0.25, -0.2) is 14.6 Å². The molecule has 17 heavy (non-hydrogen) atoms. The SMILES string of the molecule is CCOC(=O)C(C)OC(=O)c1ccc(N)cn1. The van der Waals surface area contributed by atoms with E-state index in [0.29, 0.717) is 5.69 Å². The summed E-state index contributed by atoms with van der Waals surface area (Å²) in [6.07, 6.45) is 0.382. The third-order valence-corrected chi connectivity index (χ3v) is 1.90. The van der Waals surface area contributed by atoms with Crippen molar-refractivity contribution in [3.05, 3.63) is 24.0 Å². The van der Waals surface area contributed by atoms with Crippen LogP contribution in [0.5, 0.6) is 0 Å². The van der Waals surface area contributed by atoms with E-state index in [1.165, 1.54) is 25.3 Å². The molecule has 0 aliphatic carbocycles. The highest BCUT2D eigenvalue weighted by Gasteiger charge is 2.20. The van der Waals surface area contributed by atoms with Gasteiger partial charge in [0.2, 0.25) is 0 Å². The maximum atomic E-state index is 11.5. The number of hydrogen-bond donors (Lipinski definition) is 1. The molecule has 0 saturated heterocycles. The Morgan fingerprint density at radius 1 is 1.47 bits per heavy atom. The second-order valence-corrected chi connectivity index (χ2v) is 3.28. The molecule has 1 heterocycles. The van der Waals surface area contributed by atoms with Gasteiger partial charge in [0, 0.05) is 0 Å². The van der Waals surface area contributed by atoms with Crippen molar-refractivity contribution in [2.45, 2.75) is 20.0 Å². The van der Waals surface area contributed by atoms with Crippen LogP contribution in [0.25, 0.3) is 0 Å². The molecule has 0 aliphatic rings. The molecule has 0 radical (unpaired) electrons. The number of pyridine rings is 1. The van der Waals surface area contributed by atoms with E-state index in [-0.39, 0.29) is 12.3 Å². The quantitative estimate of drug-likeness (QED) is 0.779. The van der Waals surface area contributed by atoms with Gasteiger partial charge in [0.25, 0.3) is 0 Å². The summed E-state index contributed by atoms with van der Waals surface area (Å²) in [5.41, 5.74) is 5.96. The first-order valence-corrected chi connectivity index (χ1v) is 5.13. The molecule has 1 atom stereocenters. The molecule has 0 fully saturated rings. The van der Waals surface area contributed by atoms with Crippen LogP contribution in [0.2, 0.25) is 0 Å². The summed E-state index contributed by atoms with van der Waals surface area (Å²) in [6, 6.07) is 2.95. The van der Waals surface area contributed by atoms with Crippen molar-refractivity contribution in [3.8, 4) is 0 Å². The van der Waals surface area contributed by atoms with Crippen molar-refractivity contribution in [1.29, 1.82) is 0 Å². The highest BCUT2D eigenvalue weighted by Crippen LogP contribution is 2.05. The second kappa shape index (κ2) is 5.83. The summed E-state index contributed by atoms with van der Waals surface area (Å²) in [7, 11) is 0. The highest BCUT2D eigenvalue weighted by molar-refractivity contribution is 5.89. The van der Waals surface area contributed by atoms with Gasteiger partial charge in [-0.2, -0.15) is 0 Å². The number of esters is 2. The van der Waals surface area contributed by atoms with E-state index in [4.69, 9.17) is 15.2 Å². The van der Waals surface area contributed by atoms with Gasteiger partial charge in [-0.05, 0) is 26.0 Å². The minimum absolute atomic E-state index is 0.0929. The first kappa shape index (κ1) is 13.0. The number of nitrogen functional groups attached to an aromatic ring is 1. The summed E-state index contributed by atoms with van der Waals surface area (Å²) in [6.45, 7) is 3.35. The van der Waals surface area contributed by atoms with Crippen LogP contribution >= 0.6 is 0 Å². The average molecular weight is 238 g/mol. The molecule has 0 spiro atoms. The predicted octanol–water partition coefficient (Wildman–Crippen LogP) is 0.772. The van der Waals surface area contributed by atoms with E-state index in [0.717, 1.165) is 0 Å². The third kappa shape index (κ3) is 3.75. The number of nitrogens with zero attached hydrogens (tertiary/aromatic N) is 1. The molecular weight excluding hydrogens is 224 g/mol. The van der Waals surface area contributed by atoms with Gasteiger partial charge in [0.15, 0.2) is 6.10 Å². The Kier molecular flexibility index (Phi) is 4.45. The Hall–Kier alpha value is -2.11. The fraction of sp³-hybridized carbons (Fsp3) is 0.364. The zero-order valence-electron chi connectivity index (χ0n) is 9.67. The number of nitrogens with two attached hydrogens (primary N) is 1. The van der Waals surface area contributed by atoms with Crippen LogP contribution in [0, 0.1) is 0 Å². The first-order chi connectivity index (χ1) is 8.04. The summed E-state index contributed by atoms with van der Waals surface area (Å²) in [4.78, 5) is 26.6. The molecule has 0 aromatic carbocycles. The second-order valence-electron chi connectivity index (χ2n) is 3.28. The molecule has 1 rings (SSSR count). The van der Waals surface area contributed by atoms with E-state index in [9.17, 15) is 9.59 Å². The number of anilines is 1. The van der Waals surface area contributed by atoms with Crippen LogP contribution in [-0.2, 0) is 14.3 Å². The molecule has 0 aliphatic heterocycles. The van der Waals surface area contributed by atoms with E-state index >= 15 is 0 Å². The number of aromatic nitrogens is 1. The zero-order chi connectivity index (χ0) is 12.8. The number of ether oxygens (including phenoxy) is 2. The van der Waals surface area contributed by atoms with E-state index in [1.807, 2.05) is 0 Å². The minimum atomic E-state index is -0.957. The highest BCUT2D eigenvalue weighted by atomic mass is 16.6. The van der Waals surface area contributed by atoms with Crippen molar-refractivity contribution in [3.63, 3.8) is 0 Å². The fourth-order valence-electron chi connectivity index (χ4n) is 1.05. The van der Waals surface area contributed by atoms with Crippen LogP contribution in [-0.4, -0.2) is 29.6 Å². The van der Waals surface area contributed by atoms with Crippen molar-refractivity contribution >= 4 is 17.6 Å². The number of rotatable bonds is 4. The maximum Gasteiger partial charge on any atom is 0.357 e. The summed E-state index contributed by atoms with van der Waals surface area (Å²) < 4.78 is 9.58. The Balaban J connectivity index is 2.60. The van der Waals surface area contributed by atoms with Gasteiger partial charge in [0.1, 0.15) is 5.69 Å². The normalized spacial score (nSPS) is 11.6. The molecule has 0 amide bonds. The molecule has 1 aromatic rings. The zero-order valence-corrected chi connectivity index (χ0v) is 9.67. The lowest BCUT2D eigenvalue weighted by molar-refractivity contribution is -0.152. The minimum Gasteiger partial charge on any atom is -0.463 e. The lowest BCUT2D eigenvalue weighted by atomic mass is 10.3. The Bertz CT molecular complexity index is 402. The summed E-state index contributed by atoms with van der Waals surface area (Å²) in [5, 5.41) is 0. The van der Waals surface area contributed by atoms with Crippen molar-refractivity contribution in [2.24, 2.45) is 0 Å². The lowest BCUT2D eigenvalue weighted by Crippen LogP contribution is -2.26. The van der Waals surface area contributed by atoms with Gasteiger partial charge < -0.3 is 15.2 Å². The van der Waals surface area contributed by atoms with Crippen LogP contribution < -0.4 is 5.73 Å². The molecule has 6 nitrogen and oxygen atoms in total. The smallest absolute Gasteiger partial charge is 0.357 e. The Labute approximate surface area is 98.7 Å². The topological polar surface area (TPSA) is 91.5 Å². The lowest BCUT2D eigenvalue weighted by Gasteiger charge is -2.11. The molecular formula is C11H14N2O4. The van der Waals surface area contributed by atoms with Crippen molar-refractivity contribution in [2.75, 3.05) is 12.3 Å². The van der Waals surface area contributed by atoms with Crippen molar-refractivity contribution < 1.29 is 19.1 Å². The maximum absolute atomic E-state index is 11.5. The molecule has 2 N–H and O–H groups in total. The predicted molar refractivity (Wildman–Crippen MR) is 60.2 cm³/mol. The monoisotopic (exact) mass is 238 g/mol. The van der Waals surface area contributed by atoms with Crippen LogP contribution in [0.15, 0.2) is 18.3 Å². The number of carbonyl (C=O) groups is 2. The van der Waals surface area contributed by atoms with Crippen LogP contribution in [0.1, 0.15) is 24.3 Å². The van der Waals surface area contributed by atoms with E-state index in [2.05, 4.69) is 4.98 Å². The third-order valence-electron chi connectivity index (χ3n) is 1.90. The molecule has 0 bridgehead atoms. The van der Waals surface area contributed by atoms with Gasteiger partial charge in [-0.15, -0.1) is 0 Å². The molecule has 0 saturated carbocycles. The first-order valence-electron chi connectivity index (χ1n) is 5.13. The van der Waals surface area contributed by atoms with Crippen molar-refractivity contribution in [1.82, 2.24) is 4.98 Å². The average Bonchev–Trinajstić information content (AvgIpc) is 2.30. The van der Waals surface area contributed by atoms with Gasteiger partial charge >= 0.3 is 11.9 Å². The van der Waals surface area contributed by atoms with E-state index < -0.39 is 18.0 Å². The molecule has 92 valence electrons. The van der Waals surface area contributed by atoms with Gasteiger partial charge in [0.05, 0.1) is 18.5 Å². The summed E-state index contributed by atoms with van der Waals surface area (Å²) in [5.74, 6) is -1.28. The fourth-order valence-corrected chi connectivity index (χ4v) is 1.05. The summed E-state index contributed by atoms with van der Waals surface area (Å²) >= 11 is 0. The largest absolute Gasteiger partial charge is 0.463 e. The Morgan fingerprint density at radius 3 is 2.71 bits per heavy atom. The standard InChI is InChI=1S/C11H14N2O4/c1-3-16-10(14)7(2)17-11(15)9-5-4-8(12)6-13-9/h4-7H,3,12H2,1-2H3. The van der Waals surface area contributed by atoms with Crippen LogP contribution in [0.3, 0.4) is 0 Å².